The summed E-state index contributed by atoms with van der Waals surface area (Å²) >= 11 is 0. The number of rotatable bonds is 9. The number of aromatic amines is 1. The first-order chi connectivity index (χ1) is 16.1. The van der Waals surface area contributed by atoms with Gasteiger partial charge in [0.05, 0.1) is 31.4 Å². The molecule has 8 heteroatoms. The van der Waals surface area contributed by atoms with Crippen LogP contribution in [0.4, 0.5) is 5.69 Å². The molecule has 4 rings (SSSR count). The number of carbonyl (C=O) groups is 1. The Bertz CT molecular complexity index is 1120. The number of ether oxygens (including phenoxy) is 3. The molecule has 1 saturated heterocycles. The molecule has 1 aliphatic rings. The van der Waals surface area contributed by atoms with E-state index in [9.17, 15) is 4.79 Å². The number of amides is 1. The number of nitrogens with one attached hydrogen (secondary N) is 2. The minimum atomic E-state index is -0.249. The minimum Gasteiger partial charge on any atom is -0.493 e. The van der Waals surface area contributed by atoms with E-state index in [2.05, 4.69) is 20.2 Å². The molecular weight excluding hydrogens is 420 g/mol. The molecule has 0 saturated carbocycles. The van der Waals surface area contributed by atoms with Crippen molar-refractivity contribution in [3.63, 3.8) is 0 Å². The fraction of sp³-hybridized carbons (Fsp3) is 0.360. The summed E-state index contributed by atoms with van der Waals surface area (Å²) in [5, 5.41) is 2.88. The summed E-state index contributed by atoms with van der Waals surface area (Å²) in [7, 11) is 1.58. The SMILES string of the molecule is C/C=C/c1ccc(OCC(=O)Nc2ccc3nc(CCN4CCOCC4)[nH]c3c2)c(OC)c1. The quantitative estimate of drug-likeness (QED) is 0.519. The first-order valence-electron chi connectivity index (χ1n) is 11.2. The van der Waals surface area contributed by atoms with Crippen molar-refractivity contribution in [1.29, 1.82) is 0 Å². The molecular formula is C25H30N4O4. The van der Waals surface area contributed by atoms with E-state index in [-0.39, 0.29) is 12.5 Å². The van der Waals surface area contributed by atoms with Crippen LogP contribution in [0.5, 0.6) is 11.5 Å². The van der Waals surface area contributed by atoms with Crippen molar-refractivity contribution < 1.29 is 19.0 Å². The Labute approximate surface area is 193 Å². The Kier molecular flexibility index (Phi) is 7.59. The number of hydrogen-bond acceptors (Lipinski definition) is 6. The molecule has 8 nitrogen and oxygen atoms in total. The Hall–Kier alpha value is -3.36. The number of imidazole rings is 1. The van der Waals surface area contributed by atoms with Crippen LogP contribution < -0.4 is 14.8 Å². The van der Waals surface area contributed by atoms with Crippen LogP contribution in [0.3, 0.4) is 0 Å². The van der Waals surface area contributed by atoms with Gasteiger partial charge in [0.15, 0.2) is 18.1 Å². The second-order valence-electron chi connectivity index (χ2n) is 7.87. The summed E-state index contributed by atoms with van der Waals surface area (Å²) in [6, 6.07) is 11.2. The van der Waals surface area contributed by atoms with Gasteiger partial charge in [0.1, 0.15) is 5.82 Å². The Morgan fingerprint density at radius 2 is 2.06 bits per heavy atom. The van der Waals surface area contributed by atoms with Gasteiger partial charge in [-0.1, -0.05) is 18.2 Å². The normalized spacial score (nSPS) is 14.6. The van der Waals surface area contributed by atoms with Gasteiger partial charge in [-0.2, -0.15) is 0 Å². The van der Waals surface area contributed by atoms with Crippen LogP contribution in [0.1, 0.15) is 18.3 Å². The van der Waals surface area contributed by atoms with Gasteiger partial charge in [-0.25, -0.2) is 4.98 Å². The van der Waals surface area contributed by atoms with Crippen molar-refractivity contribution in [2.24, 2.45) is 0 Å². The minimum absolute atomic E-state index is 0.120. The summed E-state index contributed by atoms with van der Waals surface area (Å²) in [5.41, 5.74) is 3.47. The summed E-state index contributed by atoms with van der Waals surface area (Å²) in [6.45, 7) is 6.29. The lowest BCUT2D eigenvalue weighted by molar-refractivity contribution is -0.118. The van der Waals surface area contributed by atoms with Crippen LogP contribution in [0.15, 0.2) is 42.5 Å². The molecule has 1 aromatic heterocycles. The van der Waals surface area contributed by atoms with Crippen molar-refractivity contribution in [1.82, 2.24) is 14.9 Å². The zero-order chi connectivity index (χ0) is 23.0. The number of anilines is 1. The lowest BCUT2D eigenvalue weighted by atomic mass is 10.2. The van der Waals surface area contributed by atoms with E-state index >= 15 is 0 Å². The van der Waals surface area contributed by atoms with Crippen LogP contribution in [-0.4, -0.2) is 67.3 Å². The molecule has 2 heterocycles. The third-order valence-corrected chi connectivity index (χ3v) is 5.49. The maximum Gasteiger partial charge on any atom is 0.262 e. The average Bonchev–Trinajstić information content (AvgIpc) is 3.25. The number of hydrogen-bond donors (Lipinski definition) is 2. The van der Waals surface area contributed by atoms with Gasteiger partial charge in [0, 0.05) is 31.7 Å². The molecule has 2 aromatic carbocycles. The fourth-order valence-electron chi connectivity index (χ4n) is 3.79. The van der Waals surface area contributed by atoms with E-state index in [1.807, 2.05) is 49.4 Å². The first-order valence-corrected chi connectivity index (χ1v) is 11.2. The lowest BCUT2D eigenvalue weighted by Crippen LogP contribution is -2.37. The largest absolute Gasteiger partial charge is 0.493 e. The molecule has 1 amide bonds. The molecule has 0 bridgehead atoms. The number of benzene rings is 2. The molecule has 0 unspecified atom stereocenters. The van der Waals surface area contributed by atoms with Crippen LogP contribution >= 0.6 is 0 Å². The molecule has 0 radical (unpaired) electrons. The van der Waals surface area contributed by atoms with Gasteiger partial charge in [-0.05, 0) is 42.8 Å². The van der Waals surface area contributed by atoms with Gasteiger partial charge in [-0.15, -0.1) is 0 Å². The predicted molar refractivity (Wildman–Crippen MR) is 129 cm³/mol. The highest BCUT2D eigenvalue weighted by molar-refractivity contribution is 5.94. The van der Waals surface area contributed by atoms with E-state index in [0.29, 0.717) is 17.2 Å². The number of allylic oxidation sites excluding steroid dienone is 1. The number of methoxy groups -OCH3 is 1. The third-order valence-electron chi connectivity index (χ3n) is 5.49. The Morgan fingerprint density at radius 1 is 1.21 bits per heavy atom. The van der Waals surface area contributed by atoms with Gasteiger partial charge in [0.2, 0.25) is 0 Å². The molecule has 174 valence electrons. The number of morpholine rings is 1. The number of aromatic nitrogens is 2. The highest BCUT2D eigenvalue weighted by Crippen LogP contribution is 2.28. The fourth-order valence-corrected chi connectivity index (χ4v) is 3.79. The molecule has 0 aliphatic carbocycles. The Morgan fingerprint density at radius 3 is 2.85 bits per heavy atom. The van der Waals surface area contributed by atoms with E-state index in [1.54, 1.807) is 13.2 Å². The Balaban J connectivity index is 1.33. The maximum atomic E-state index is 12.4. The van der Waals surface area contributed by atoms with E-state index in [4.69, 9.17) is 14.2 Å². The maximum absolute atomic E-state index is 12.4. The van der Waals surface area contributed by atoms with Gasteiger partial charge in [0.25, 0.3) is 5.91 Å². The molecule has 0 atom stereocenters. The molecule has 0 spiro atoms. The molecule has 1 aliphatic heterocycles. The lowest BCUT2D eigenvalue weighted by Gasteiger charge is -2.25. The van der Waals surface area contributed by atoms with Crippen molar-refractivity contribution in [3.8, 4) is 11.5 Å². The molecule has 1 fully saturated rings. The third kappa shape index (κ3) is 6.12. The average molecular weight is 451 g/mol. The summed E-state index contributed by atoms with van der Waals surface area (Å²) < 4.78 is 16.5. The van der Waals surface area contributed by atoms with Gasteiger partial charge < -0.3 is 24.5 Å². The molecule has 2 N–H and O–H groups in total. The highest BCUT2D eigenvalue weighted by Gasteiger charge is 2.12. The van der Waals surface area contributed by atoms with Crippen molar-refractivity contribution in [2.75, 3.05) is 51.9 Å². The standard InChI is InChI=1S/C25H30N4O4/c1-3-4-18-5-8-22(23(15-18)31-2)33-17-25(30)26-19-6-7-20-21(16-19)28-24(27-20)9-10-29-11-13-32-14-12-29/h3-8,15-16H,9-14,17H2,1-2H3,(H,26,30)(H,27,28)/b4-3+. The first kappa shape index (κ1) is 22.8. The second kappa shape index (κ2) is 11.0. The van der Waals surface area contributed by atoms with Crippen molar-refractivity contribution >= 4 is 28.7 Å². The van der Waals surface area contributed by atoms with Gasteiger partial charge >= 0.3 is 0 Å². The number of H-pyrrole nitrogens is 1. The number of nitrogens with zero attached hydrogens (tertiary/aromatic N) is 2. The predicted octanol–water partition coefficient (Wildman–Crippen LogP) is 3.50. The van der Waals surface area contributed by atoms with Crippen molar-refractivity contribution in [3.05, 3.63) is 53.9 Å². The zero-order valence-electron chi connectivity index (χ0n) is 19.1. The van der Waals surface area contributed by atoms with Crippen LogP contribution in [0, 0.1) is 0 Å². The van der Waals surface area contributed by atoms with Crippen LogP contribution in [0.2, 0.25) is 0 Å². The van der Waals surface area contributed by atoms with E-state index in [1.165, 1.54) is 0 Å². The zero-order valence-corrected chi connectivity index (χ0v) is 19.1. The monoisotopic (exact) mass is 450 g/mol. The summed E-state index contributed by atoms with van der Waals surface area (Å²) in [6.07, 6.45) is 4.77. The molecule has 3 aromatic rings. The van der Waals surface area contributed by atoms with Gasteiger partial charge in [-0.3, -0.25) is 9.69 Å². The van der Waals surface area contributed by atoms with E-state index < -0.39 is 0 Å². The summed E-state index contributed by atoms with van der Waals surface area (Å²) in [4.78, 5) is 22.9. The highest BCUT2D eigenvalue weighted by atomic mass is 16.5. The van der Waals surface area contributed by atoms with Crippen LogP contribution in [0.25, 0.3) is 17.1 Å². The number of carbonyl (C=O) groups excluding carboxylic acids is 1. The topological polar surface area (TPSA) is 88.7 Å². The molecule has 33 heavy (non-hydrogen) atoms. The smallest absolute Gasteiger partial charge is 0.262 e. The number of fused-ring (bicyclic) bond motifs is 1. The second-order valence-corrected chi connectivity index (χ2v) is 7.87. The van der Waals surface area contributed by atoms with Crippen molar-refractivity contribution in [2.45, 2.75) is 13.3 Å². The summed E-state index contributed by atoms with van der Waals surface area (Å²) in [5.74, 6) is 1.80. The van der Waals surface area contributed by atoms with E-state index in [0.717, 1.165) is 61.7 Å². The van der Waals surface area contributed by atoms with Crippen LogP contribution in [-0.2, 0) is 16.0 Å².